The van der Waals surface area contributed by atoms with Crippen LogP contribution in [0.2, 0.25) is 5.02 Å². The van der Waals surface area contributed by atoms with Gasteiger partial charge >= 0.3 is 0 Å². The lowest BCUT2D eigenvalue weighted by Gasteiger charge is -2.14. The molecule has 1 saturated carbocycles. The van der Waals surface area contributed by atoms with E-state index in [1.807, 2.05) is 29.6 Å². The zero-order chi connectivity index (χ0) is 11.8. The van der Waals surface area contributed by atoms with Crippen molar-refractivity contribution in [1.82, 2.24) is 0 Å². The highest BCUT2D eigenvalue weighted by molar-refractivity contribution is 7.10. The van der Waals surface area contributed by atoms with E-state index < -0.39 is 6.10 Å². The second-order valence-corrected chi connectivity index (χ2v) is 5.79. The van der Waals surface area contributed by atoms with Crippen LogP contribution in [0.15, 0.2) is 35.7 Å². The molecular formula is C14H13ClOS. The maximum atomic E-state index is 10.4. The summed E-state index contributed by atoms with van der Waals surface area (Å²) >= 11 is 7.59. The van der Waals surface area contributed by atoms with Gasteiger partial charge in [-0.25, -0.2) is 0 Å². The molecule has 1 N–H and O–H groups in total. The molecule has 3 heteroatoms. The lowest BCUT2D eigenvalue weighted by molar-refractivity contribution is 0.223. The van der Waals surface area contributed by atoms with Crippen molar-refractivity contribution < 1.29 is 5.11 Å². The molecule has 1 unspecified atom stereocenters. The highest BCUT2D eigenvalue weighted by atomic mass is 35.5. The Hall–Kier alpha value is -0.830. The van der Waals surface area contributed by atoms with E-state index in [0.717, 1.165) is 10.4 Å². The number of benzene rings is 1. The standard InChI is InChI=1S/C14H13ClOS/c15-12-7-8-17-14(12)13(16)11-4-2-1-3-10(11)9-5-6-9/h1-4,7-9,13,16H,5-6H2. The number of hydrogen-bond donors (Lipinski definition) is 1. The summed E-state index contributed by atoms with van der Waals surface area (Å²) in [6.45, 7) is 0. The first-order valence-electron chi connectivity index (χ1n) is 5.77. The molecule has 0 radical (unpaired) electrons. The maximum absolute atomic E-state index is 10.4. The van der Waals surface area contributed by atoms with Crippen LogP contribution < -0.4 is 0 Å². The molecule has 0 bridgehead atoms. The van der Waals surface area contributed by atoms with Crippen molar-refractivity contribution in [3.8, 4) is 0 Å². The fraction of sp³-hybridized carbons (Fsp3) is 0.286. The minimum Gasteiger partial charge on any atom is -0.383 e. The van der Waals surface area contributed by atoms with Gasteiger partial charge in [-0.15, -0.1) is 11.3 Å². The number of thiophene rings is 1. The van der Waals surface area contributed by atoms with Gasteiger partial charge < -0.3 is 5.11 Å². The van der Waals surface area contributed by atoms with E-state index in [2.05, 4.69) is 6.07 Å². The van der Waals surface area contributed by atoms with E-state index in [9.17, 15) is 5.11 Å². The zero-order valence-corrected chi connectivity index (χ0v) is 10.8. The maximum Gasteiger partial charge on any atom is 0.115 e. The normalized spacial score (nSPS) is 17.1. The van der Waals surface area contributed by atoms with Gasteiger partial charge in [0.1, 0.15) is 6.10 Å². The predicted molar refractivity (Wildman–Crippen MR) is 71.8 cm³/mol. The molecule has 88 valence electrons. The molecule has 17 heavy (non-hydrogen) atoms. The van der Waals surface area contributed by atoms with Gasteiger partial charge in [0.05, 0.1) is 9.90 Å². The lowest BCUT2D eigenvalue weighted by Crippen LogP contribution is -2.01. The van der Waals surface area contributed by atoms with Crippen molar-refractivity contribution in [1.29, 1.82) is 0 Å². The fourth-order valence-corrected chi connectivity index (χ4v) is 3.33. The third kappa shape index (κ3) is 2.13. The smallest absolute Gasteiger partial charge is 0.115 e. The van der Waals surface area contributed by atoms with Gasteiger partial charge in [0, 0.05) is 0 Å². The molecule has 3 rings (SSSR count). The van der Waals surface area contributed by atoms with Crippen molar-refractivity contribution in [2.24, 2.45) is 0 Å². The zero-order valence-electron chi connectivity index (χ0n) is 9.27. The molecule has 1 aliphatic carbocycles. The Bertz CT molecular complexity index is 531. The molecule has 2 aromatic rings. The largest absolute Gasteiger partial charge is 0.383 e. The SMILES string of the molecule is OC(c1ccccc1C1CC1)c1sccc1Cl. The minimum absolute atomic E-state index is 0.584. The Morgan fingerprint density at radius 3 is 2.65 bits per heavy atom. The van der Waals surface area contributed by atoms with E-state index in [-0.39, 0.29) is 0 Å². The summed E-state index contributed by atoms with van der Waals surface area (Å²) in [5.74, 6) is 0.639. The second kappa shape index (κ2) is 4.45. The van der Waals surface area contributed by atoms with E-state index in [1.54, 1.807) is 0 Å². The molecule has 1 aliphatic rings. The fourth-order valence-electron chi connectivity index (χ4n) is 2.17. The summed E-state index contributed by atoms with van der Waals surface area (Å²) < 4.78 is 0. The van der Waals surface area contributed by atoms with Crippen LogP contribution in [0.4, 0.5) is 0 Å². The molecule has 0 amide bonds. The number of aliphatic hydroxyl groups excluding tert-OH is 1. The third-order valence-electron chi connectivity index (χ3n) is 3.20. The Balaban J connectivity index is 2.01. The quantitative estimate of drug-likeness (QED) is 0.873. The molecule has 1 aromatic carbocycles. The average molecular weight is 265 g/mol. The van der Waals surface area contributed by atoms with Gasteiger partial charge in [-0.2, -0.15) is 0 Å². The van der Waals surface area contributed by atoms with Gasteiger partial charge in [0.25, 0.3) is 0 Å². The van der Waals surface area contributed by atoms with Gasteiger partial charge in [-0.3, -0.25) is 0 Å². The molecular weight excluding hydrogens is 252 g/mol. The Morgan fingerprint density at radius 2 is 2.00 bits per heavy atom. The molecule has 1 heterocycles. The number of hydrogen-bond acceptors (Lipinski definition) is 2. The Kier molecular flexibility index (Phi) is 2.95. The van der Waals surface area contributed by atoms with E-state index >= 15 is 0 Å². The van der Waals surface area contributed by atoms with Gasteiger partial charge in [-0.1, -0.05) is 35.9 Å². The highest BCUT2D eigenvalue weighted by Gasteiger charge is 2.28. The van der Waals surface area contributed by atoms with Crippen LogP contribution in [0, 0.1) is 0 Å². The number of aliphatic hydroxyl groups is 1. The number of rotatable bonds is 3. The summed E-state index contributed by atoms with van der Waals surface area (Å²) in [5.41, 5.74) is 2.30. The van der Waals surface area contributed by atoms with Crippen LogP contribution in [0.3, 0.4) is 0 Å². The van der Waals surface area contributed by atoms with Gasteiger partial charge in [-0.05, 0) is 41.3 Å². The van der Waals surface area contributed by atoms with Crippen LogP contribution >= 0.6 is 22.9 Å². The topological polar surface area (TPSA) is 20.2 Å². The molecule has 1 aromatic heterocycles. The molecule has 0 saturated heterocycles. The summed E-state index contributed by atoms with van der Waals surface area (Å²) in [5, 5.41) is 13.0. The third-order valence-corrected chi connectivity index (χ3v) is 4.61. The summed E-state index contributed by atoms with van der Waals surface area (Å²) in [7, 11) is 0. The Labute approximate surface area is 110 Å². The summed E-state index contributed by atoms with van der Waals surface area (Å²) in [4.78, 5) is 0.847. The Morgan fingerprint density at radius 1 is 1.24 bits per heavy atom. The van der Waals surface area contributed by atoms with Crippen molar-refractivity contribution in [2.75, 3.05) is 0 Å². The van der Waals surface area contributed by atoms with Crippen LogP contribution in [-0.4, -0.2) is 5.11 Å². The first-order valence-corrected chi connectivity index (χ1v) is 7.03. The van der Waals surface area contributed by atoms with Gasteiger partial charge in [0.15, 0.2) is 0 Å². The van der Waals surface area contributed by atoms with Crippen LogP contribution in [0.1, 0.15) is 40.9 Å². The number of halogens is 1. The van der Waals surface area contributed by atoms with Crippen molar-refractivity contribution in [3.05, 3.63) is 56.7 Å². The predicted octanol–water partition coefficient (Wildman–Crippen LogP) is 4.36. The van der Waals surface area contributed by atoms with Crippen molar-refractivity contribution in [2.45, 2.75) is 24.9 Å². The van der Waals surface area contributed by atoms with Crippen molar-refractivity contribution >= 4 is 22.9 Å². The first kappa shape index (κ1) is 11.3. The van der Waals surface area contributed by atoms with Crippen molar-refractivity contribution in [3.63, 3.8) is 0 Å². The molecule has 0 spiro atoms. The second-order valence-electron chi connectivity index (χ2n) is 4.44. The monoisotopic (exact) mass is 264 g/mol. The highest BCUT2D eigenvalue weighted by Crippen LogP contribution is 2.44. The van der Waals surface area contributed by atoms with E-state index in [0.29, 0.717) is 10.9 Å². The van der Waals surface area contributed by atoms with Gasteiger partial charge in [0.2, 0.25) is 0 Å². The van der Waals surface area contributed by atoms with E-state index in [1.165, 1.54) is 29.7 Å². The van der Waals surface area contributed by atoms with Crippen LogP contribution in [-0.2, 0) is 0 Å². The lowest BCUT2D eigenvalue weighted by atomic mass is 9.98. The average Bonchev–Trinajstić information content (AvgIpc) is 3.11. The summed E-state index contributed by atoms with van der Waals surface area (Å²) in [6.07, 6.45) is 1.89. The van der Waals surface area contributed by atoms with Crippen LogP contribution in [0.25, 0.3) is 0 Å². The molecule has 0 aliphatic heterocycles. The van der Waals surface area contributed by atoms with Crippen LogP contribution in [0.5, 0.6) is 0 Å². The first-order chi connectivity index (χ1) is 8.27. The molecule has 1 nitrogen and oxygen atoms in total. The minimum atomic E-state index is -0.584. The molecule has 1 atom stereocenters. The summed E-state index contributed by atoms with van der Waals surface area (Å²) in [6, 6.07) is 9.99. The van der Waals surface area contributed by atoms with E-state index in [4.69, 9.17) is 11.6 Å². The molecule has 1 fully saturated rings.